The molecular formula is C17H23ClN2O. The fourth-order valence-electron chi connectivity index (χ4n) is 4.15. The minimum atomic E-state index is -0.102. The van der Waals surface area contributed by atoms with Gasteiger partial charge >= 0.3 is 0 Å². The van der Waals surface area contributed by atoms with Crippen LogP contribution in [0.2, 0.25) is 5.02 Å². The molecule has 0 atom stereocenters. The van der Waals surface area contributed by atoms with Crippen molar-refractivity contribution in [1.82, 2.24) is 5.32 Å². The summed E-state index contributed by atoms with van der Waals surface area (Å²) in [6.45, 7) is 0.771. The van der Waals surface area contributed by atoms with Crippen LogP contribution in [0.25, 0.3) is 0 Å². The summed E-state index contributed by atoms with van der Waals surface area (Å²) in [5, 5.41) is 3.57. The fraction of sp³-hybridized carbons (Fsp3) is 0.588. The van der Waals surface area contributed by atoms with Crippen LogP contribution in [0.1, 0.15) is 55.3 Å². The molecule has 21 heavy (non-hydrogen) atoms. The Bertz CT molecular complexity index is 534. The maximum Gasteiger partial charge on any atom is 0.252 e. The van der Waals surface area contributed by atoms with Crippen LogP contribution in [0.5, 0.6) is 0 Å². The lowest BCUT2D eigenvalue weighted by molar-refractivity contribution is 0.0682. The third-order valence-corrected chi connectivity index (χ3v) is 5.55. The van der Waals surface area contributed by atoms with E-state index in [1.54, 1.807) is 18.2 Å². The first kappa shape index (κ1) is 14.7. The maximum atomic E-state index is 12.4. The Morgan fingerprint density at radius 3 is 2.76 bits per heavy atom. The Labute approximate surface area is 131 Å². The first-order valence-electron chi connectivity index (χ1n) is 7.91. The number of hydrogen-bond donors (Lipinski definition) is 2. The molecule has 3 rings (SSSR count). The van der Waals surface area contributed by atoms with E-state index in [0.717, 1.165) is 12.5 Å². The standard InChI is InChI=1S/C17H23ClN2O/c18-15-6-5-13(19)9-14(15)16(21)20-11-17-7-1-3-12(10-17)4-2-8-17/h5-6,9,12H,1-4,7-8,10-11,19H2,(H,20,21). The second-order valence-corrected chi connectivity index (χ2v) is 7.18. The third kappa shape index (κ3) is 3.18. The van der Waals surface area contributed by atoms with E-state index in [9.17, 15) is 4.79 Å². The first-order valence-corrected chi connectivity index (χ1v) is 8.29. The van der Waals surface area contributed by atoms with E-state index in [1.165, 1.54) is 44.9 Å². The molecule has 114 valence electrons. The molecule has 2 aliphatic carbocycles. The molecule has 2 saturated carbocycles. The van der Waals surface area contributed by atoms with Crippen molar-refractivity contribution in [3.63, 3.8) is 0 Å². The first-order chi connectivity index (χ1) is 10.1. The summed E-state index contributed by atoms with van der Waals surface area (Å²) in [5.74, 6) is 0.773. The van der Waals surface area contributed by atoms with Gasteiger partial charge in [-0.15, -0.1) is 0 Å². The van der Waals surface area contributed by atoms with E-state index in [2.05, 4.69) is 5.32 Å². The van der Waals surface area contributed by atoms with E-state index in [-0.39, 0.29) is 5.91 Å². The van der Waals surface area contributed by atoms with Gasteiger partial charge in [0.15, 0.2) is 0 Å². The van der Waals surface area contributed by atoms with Gasteiger partial charge in [-0.3, -0.25) is 4.79 Å². The Balaban J connectivity index is 1.66. The number of anilines is 1. The molecular weight excluding hydrogens is 284 g/mol. The monoisotopic (exact) mass is 306 g/mol. The lowest BCUT2D eigenvalue weighted by atomic mass is 9.62. The Morgan fingerprint density at radius 2 is 2.05 bits per heavy atom. The normalized spacial score (nSPS) is 28.1. The Kier molecular flexibility index (Phi) is 4.12. The average molecular weight is 307 g/mol. The van der Waals surface area contributed by atoms with Gasteiger partial charge in [-0.2, -0.15) is 0 Å². The van der Waals surface area contributed by atoms with Crippen molar-refractivity contribution in [2.75, 3.05) is 12.3 Å². The number of carbonyl (C=O) groups is 1. The van der Waals surface area contributed by atoms with Crippen LogP contribution < -0.4 is 11.1 Å². The number of halogens is 1. The second-order valence-electron chi connectivity index (χ2n) is 6.78. The summed E-state index contributed by atoms with van der Waals surface area (Å²) >= 11 is 6.10. The predicted molar refractivity (Wildman–Crippen MR) is 86.4 cm³/mol. The lowest BCUT2D eigenvalue weighted by Gasteiger charge is -2.45. The van der Waals surface area contributed by atoms with Crippen LogP contribution in [0, 0.1) is 11.3 Å². The summed E-state index contributed by atoms with van der Waals surface area (Å²) in [7, 11) is 0. The van der Waals surface area contributed by atoms with Crippen molar-refractivity contribution in [3.8, 4) is 0 Å². The molecule has 0 aliphatic heterocycles. The topological polar surface area (TPSA) is 55.1 Å². The molecule has 0 radical (unpaired) electrons. The van der Waals surface area contributed by atoms with Gasteiger partial charge in [-0.1, -0.05) is 37.3 Å². The highest BCUT2D eigenvalue weighted by Gasteiger charge is 2.39. The number of hydrogen-bond acceptors (Lipinski definition) is 2. The highest BCUT2D eigenvalue weighted by Crippen LogP contribution is 2.48. The Hall–Kier alpha value is -1.22. The van der Waals surface area contributed by atoms with E-state index < -0.39 is 0 Å². The van der Waals surface area contributed by atoms with Crippen LogP contribution >= 0.6 is 11.6 Å². The van der Waals surface area contributed by atoms with Crippen molar-refractivity contribution in [2.24, 2.45) is 11.3 Å². The number of rotatable bonds is 3. The minimum Gasteiger partial charge on any atom is -0.399 e. The molecule has 2 aliphatic rings. The number of benzene rings is 1. The van der Waals surface area contributed by atoms with Crippen LogP contribution in [0.4, 0.5) is 5.69 Å². The van der Waals surface area contributed by atoms with Gasteiger partial charge in [-0.25, -0.2) is 0 Å². The number of carbonyl (C=O) groups excluding carboxylic acids is 1. The van der Waals surface area contributed by atoms with Crippen LogP contribution in [-0.4, -0.2) is 12.5 Å². The molecule has 1 amide bonds. The minimum absolute atomic E-state index is 0.102. The molecule has 2 bridgehead atoms. The fourth-order valence-corrected chi connectivity index (χ4v) is 4.35. The molecule has 1 aromatic rings. The smallest absolute Gasteiger partial charge is 0.252 e. The summed E-state index contributed by atoms with van der Waals surface area (Å²) in [5.41, 5.74) is 7.12. The molecule has 4 heteroatoms. The van der Waals surface area contributed by atoms with Crippen molar-refractivity contribution < 1.29 is 4.79 Å². The summed E-state index contributed by atoms with van der Waals surface area (Å²) < 4.78 is 0. The molecule has 3 nitrogen and oxygen atoms in total. The van der Waals surface area contributed by atoms with Gasteiger partial charge in [0, 0.05) is 12.2 Å². The summed E-state index contributed by atoms with van der Waals surface area (Å²) in [6, 6.07) is 5.05. The lowest BCUT2D eigenvalue weighted by Crippen LogP contribution is -2.43. The molecule has 0 spiro atoms. The maximum absolute atomic E-state index is 12.4. The Morgan fingerprint density at radius 1 is 1.33 bits per heavy atom. The highest BCUT2D eigenvalue weighted by atomic mass is 35.5. The van der Waals surface area contributed by atoms with Crippen molar-refractivity contribution >= 4 is 23.2 Å². The highest BCUT2D eigenvalue weighted by molar-refractivity contribution is 6.34. The van der Waals surface area contributed by atoms with Gasteiger partial charge in [0.05, 0.1) is 10.6 Å². The van der Waals surface area contributed by atoms with Gasteiger partial charge in [-0.05, 0) is 48.8 Å². The zero-order valence-corrected chi connectivity index (χ0v) is 13.1. The molecule has 2 fully saturated rings. The largest absolute Gasteiger partial charge is 0.399 e. The molecule has 0 aromatic heterocycles. The van der Waals surface area contributed by atoms with Crippen LogP contribution in [-0.2, 0) is 0 Å². The molecule has 0 unspecified atom stereocenters. The number of nitrogens with one attached hydrogen (secondary N) is 1. The van der Waals surface area contributed by atoms with E-state index in [4.69, 9.17) is 17.3 Å². The molecule has 0 saturated heterocycles. The van der Waals surface area contributed by atoms with Crippen LogP contribution in [0.15, 0.2) is 18.2 Å². The average Bonchev–Trinajstić information content (AvgIpc) is 2.47. The molecule has 3 N–H and O–H groups in total. The molecule has 0 heterocycles. The quantitative estimate of drug-likeness (QED) is 0.829. The number of fused-ring (bicyclic) bond motifs is 2. The van der Waals surface area contributed by atoms with Gasteiger partial charge in [0.25, 0.3) is 5.91 Å². The van der Waals surface area contributed by atoms with Gasteiger partial charge in [0.1, 0.15) is 0 Å². The van der Waals surface area contributed by atoms with Crippen molar-refractivity contribution in [3.05, 3.63) is 28.8 Å². The van der Waals surface area contributed by atoms with E-state index in [0.29, 0.717) is 21.7 Å². The SMILES string of the molecule is Nc1ccc(Cl)c(C(=O)NCC23CCCC(CCC2)C3)c1. The zero-order chi connectivity index (χ0) is 14.9. The number of amides is 1. The number of nitrogens with two attached hydrogens (primary N) is 1. The third-order valence-electron chi connectivity index (χ3n) is 5.22. The second kappa shape index (κ2) is 5.88. The van der Waals surface area contributed by atoms with E-state index in [1.807, 2.05) is 0 Å². The van der Waals surface area contributed by atoms with E-state index >= 15 is 0 Å². The van der Waals surface area contributed by atoms with Gasteiger partial charge < -0.3 is 11.1 Å². The number of nitrogen functional groups attached to an aromatic ring is 1. The van der Waals surface area contributed by atoms with Gasteiger partial charge in [0.2, 0.25) is 0 Å². The molecule has 1 aromatic carbocycles. The summed E-state index contributed by atoms with van der Waals surface area (Å²) in [6.07, 6.45) is 9.12. The zero-order valence-electron chi connectivity index (χ0n) is 12.3. The predicted octanol–water partition coefficient (Wildman–Crippen LogP) is 4.01. The van der Waals surface area contributed by atoms with Crippen molar-refractivity contribution in [1.29, 1.82) is 0 Å². The van der Waals surface area contributed by atoms with Crippen LogP contribution in [0.3, 0.4) is 0 Å². The van der Waals surface area contributed by atoms with Crippen molar-refractivity contribution in [2.45, 2.75) is 44.9 Å². The summed E-state index contributed by atoms with van der Waals surface area (Å²) in [4.78, 5) is 12.4.